The van der Waals surface area contributed by atoms with E-state index in [4.69, 9.17) is 9.47 Å². The molecule has 0 saturated heterocycles. The lowest BCUT2D eigenvalue weighted by molar-refractivity contribution is 0.0526. The van der Waals surface area contributed by atoms with E-state index in [2.05, 4.69) is 18.8 Å². The van der Waals surface area contributed by atoms with Crippen LogP contribution in [-0.4, -0.2) is 24.2 Å². The molecule has 0 aliphatic heterocycles. The van der Waals surface area contributed by atoms with E-state index in [-0.39, 0.29) is 5.97 Å². The molecule has 0 amide bonds. The Morgan fingerprint density at radius 3 is 2.69 bits per heavy atom. The summed E-state index contributed by atoms with van der Waals surface area (Å²) in [5, 5.41) is 0. The summed E-state index contributed by atoms with van der Waals surface area (Å²) in [4.78, 5) is 15.3. The highest BCUT2D eigenvalue weighted by Gasteiger charge is 2.07. The van der Waals surface area contributed by atoms with Gasteiger partial charge in [-0.1, -0.05) is 13.8 Å². The Kier molecular flexibility index (Phi) is 4.76. The molecule has 0 fully saturated rings. The molecule has 0 radical (unpaired) electrons. The van der Waals surface area contributed by atoms with Gasteiger partial charge in [-0.15, -0.1) is 0 Å². The molecule has 1 aromatic rings. The molecule has 0 bridgehead atoms. The second-order valence-corrected chi connectivity index (χ2v) is 3.81. The van der Waals surface area contributed by atoms with Crippen molar-refractivity contribution >= 4 is 5.97 Å². The fourth-order valence-electron chi connectivity index (χ4n) is 1.05. The van der Waals surface area contributed by atoms with Crippen LogP contribution in [0.4, 0.5) is 0 Å². The van der Waals surface area contributed by atoms with E-state index in [0.29, 0.717) is 30.6 Å². The predicted octanol–water partition coefficient (Wildman–Crippen LogP) is 2.29. The molecule has 0 unspecified atom stereocenters. The van der Waals surface area contributed by atoms with Gasteiger partial charge < -0.3 is 9.47 Å². The zero-order valence-electron chi connectivity index (χ0n) is 9.90. The quantitative estimate of drug-likeness (QED) is 0.718. The molecule has 0 aromatic carbocycles. The molecule has 0 spiro atoms. The summed E-state index contributed by atoms with van der Waals surface area (Å²) in [6.45, 7) is 6.88. The third-order valence-electron chi connectivity index (χ3n) is 1.81. The first-order chi connectivity index (χ1) is 7.63. The Hall–Kier alpha value is -1.58. The molecule has 0 atom stereocenters. The Bertz CT molecular complexity index is 333. The van der Waals surface area contributed by atoms with Crippen molar-refractivity contribution in [3.63, 3.8) is 0 Å². The number of pyridine rings is 1. The number of nitrogens with zero attached hydrogens (tertiary/aromatic N) is 1. The first-order valence-electron chi connectivity index (χ1n) is 5.39. The molecular weight excluding hydrogens is 206 g/mol. The second-order valence-electron chi connectivity index (χ2n) is 3.81. The van der Waals surface area contributed by atoms with Crippen molar-refractivity contribution < 1.29 is 14.3 Å². The number of carbonyl (C=O) groups excluding carboxylic acids is 1. The van der Waals surface area contributed by atoms with E-state index in [1.165, 1.54) is 6.20 Å². The van der Waals surface area contributed by atoms with Gasteiger partial charge in [-0.2, -0.15) is 0 Å². The van der Waals surface area contributed by atoms with Gasteiger partial charge in [-0.05, 0) is 18.9 Å². The van der Waals surface area contributed by atoms with E-state index < -0.39 is 0 Å². The minimum absolute atomic E-state index is 0.356. The smallest absolute Gasteiger partial charge is 0.339 e. The number of hydrogen-bond acceptors (Lipinski definition) is 4. The zero-order valence-corrected chi connectivity index (χ0v) is 9.90. The molecule has 1 heterocycles. The maximum Gasteiger partial charge on any atom is 0.339 e. The van der Waals surface area contributed by atoms with Crippen LogP contribution in [0.3, 0.4) is 0 Å². The van der Waals surface area contributed by atoms with E-state index in [1.807, 2.05) is 0 Å². The summed E-state index contributed by atoms with van der Waals surface area (Å²) in [6.07, 6.45) is 1.47. The summed E-state index contributed by atoms with van der Waals surface area (Å²) in [5.41, 5.74) is 0.443. The minimum Gasteiger partial charge on any atom is -0.477 e. The summed E-state index contributed by atoms with van der Waals surface area (Å²) in [6, 6.07) is 3.33. The summed E-state index contributed by atoms with van der Waals surface area (Å²) >= 11 is 0. The van der Waals surface area contributed by atoms with Crippen LogP contribution in [0, 0.1) is 5.92 Å². The van der Waals surface area contributed by atoms with Crippen molar-refractivity contribution in [2.45, 2.75) is 20.8 Å². The number of hydrogen-bond donors (Lipinski definition) is 0. The van der Waals surface area contributed by atoms with Crippen LogP contribution in [0.5, 0.6) is 5.88 Å². The van der Waals surface area contributed by atoms with Gasteiger partial charge >= 0.3 is 5.97 Å². The van der Waals surface area contributed by atoms with Gasteiger partial charge in [0, 0.05) is 12.3 Å². The van der Waals surface area contributed by atoms with Gasteiger partial charge in [0.15, 0.2) is 0 Å². The normalized spacial score (nSPS) is 10.2. The molecule has 88 valence electrons. The molecule has 16 heavy (non-hydrogen) atoms. The van der Waals surface area contributed by atoms with Crippen molar-refractivity contribution in [2.24, 2.45) is 5.92 Å². The van der Waals surface area contributed by atoms with Crippen molar-refractivity contribution in [2.75, 3.05) is 13.2 Å². The highest BCUT2D eigenvalue weighted by Crippen LogP contribution is 2.09. The lowest BCUT2D eigenvalue weighted by atomic mass is 10.2. The highest BCUT2D eigenvalue weighted by molar-refractivity contribution is 5.89. The number of ether oxygens (including phenoxy) is 2. The van der Waals surface area contributed by atoms with Crippen molar-refractivity contribution in [1.82, 2.24) is 4.98 Å². The average molecular weight is 223 g/mol. The average Bonchev–Trinajstić information content (AvgIpc) is 2.27. The van der Waals surface area contributed by atoms with Gasteiger partial charge in [0.2, 0.25) is 5.88 Å². The molecule has 0 saturated carbocycles. The molecule has 4 heteroatoms. The van der Waals surface area contributed by atoms with Crippen molar-refractivity contribution in [3.8, 4) is 5.88 Å². The van der Waals surface area contributed by atoms with Gasteiger partial charge in [0.05, 0.1) is 18.8 Å². The topological polar surface area (TPSA) is 48.4 Å². The fourth-order valence-corrected chi connectivity index (χ4v) is 1.05. The zero-order chi connectivity index (χ0) is 12.0. The minimum atomic E-state index is -0.356. The third-order valence-corrected chi connectivity index (χ3v) is 1.81. The lowest BCUT2D eigenvalue weighted by Crippen LogP contribution is -2.07. The van der Waals surface area contributed by atoms with Crippen LogP contribution in [0.25, 0.3) is 0 Å². The lowest BCUT2D eigenvalue weighted by Gasteiger charge is -2.07. The van der Waals surface area contributed by atoms with Crippen LogP contribution >= 0.6 is 0 Å². The maximum absolute atomic E-state index is 11.3. The van der Waals surface area contributed by atoms with Crippen molar-refractivity contribution in [3.05, 3.63) is 23.9 Å². The van der Waals surface area contributed by atoms with Crippen LogP contribution in [0.2, 0.25) is 0 Å². The first-order valence-corrected chi connectivity index (χ1v) is 5.39. The SMILES string of the molecule is CCOC(=O)c1ccc(OCC(C)C)nc1. The summed E-state index contributed by atoms with van der Waals surface area (Å²) in [7, 11) is 0. The molecule has 4 nitrogen and oxygen atoms in total. The predicted molar refractivity (Wildman–Crippen MR) is 60.5 cm³/mol. The third kappa shape index (κ3) is 3.88. The van der Waals surface area contributed by atoms with E-state index in [1.54, 1.807) is 19.1 Å². The highest BCUT2D eigenvalue weighted by atomic mass is 16.5. The summed E-state index contributed by atoms with van der Waals surface area (Å²) < 4.78 is 10.2. The largest absolute Gasteiger partial charge is 0.477 e. The Balaban J connectivity index is 2.57. The van der Waals surface area contributed by atoms with Crippen LogP contribution in [0.1, 0.15) is 31.1 Å². The van der Waals surface area contributed by atoms with Gasteiger partial charge in [0.25, 0.3) is 0 Å². The first kappa shape index (κ1) is 12.5. The second kappa shape index (κ2) is 6.10. The number of aromatic nitrogens is 1. The van der Waals surface area contributed by atoms with E-state index in [0.717, 1.165) is 0 Å². The van der Waals surface area contributed by atoms with E-state index in [9.17, 15) is 4.79 Å². The van der Waals surface area contributed by atoms with Crippen LogP contribution < -0.4 is 4.74 Å². The monoisotopic (exact) mass is 223 g/mol. The van der Waals surface area contributed by atoms with Crippen LogP contribution in [-0.2, 0) is 4.74 Å². The fraction of sp³-hybridized carbons (Fsp3) is 0.500. The van der Waals surface area contributed by atoms with Crippen molar-refractivity contribution in [1.29, 1.82) is 0 Å². The molecule has 0 N–H and O–H groups in total. The molecule has 1 aromatic heterocycles. The van der Waals surface area contributed by atoms with Crippen LogP contribution in [0.15, 0.2) is 18.3 Å². The standard InChI is InChI=1S/C12H17NO3/c1-4-15-12(14)10-5-6-11(13-7-10)16-8-9(2)3/h5-7,9H,4,8H2,1-3H3. The number of esters is 1. The molecule has 0 aliphatic carbocycles. The molecule has 1 rings (SSSR count). The van der Waals surface area contributed by atoms with Gasteiger partial charge in [0.1, 0.15) is 0 Å². The Labute approximate surface area is 95.6 Å². The van der Waals surface area contributed by atoms with Gasteiger partial charge in [-0.3, -0.25) is 0 Å². The van der Waals surface area contributed by atoms with Gasteiger partial charge in [-0.25, -0.2) is 9.78 Å². The summed E-state index contributed by atoms with van der Waals surface area (Å²) in [5.74, 6) is 0.624. The number of carbonyl (C=O) groups is 1. The molecular formula is C12H17NO3. The van der Waals surface area contributed by atoms with E-state index >= 15 is 0 Å². The molecule has 0 aliphatic rings. The Morgan fingerprint density at radius 2 is 2.19 bits per heavy atom. The maximum atomic E-state index is 11.3. The number of rotatable bonds is 5. The Morgan fingerprint density at radius 1 is 1.44 bits per heavy atom.